The van der Waals surface area contributed by atoms with Crippen molar-refractivity contribution in [2.45, 2.75) is 32.2 Å². The average molecular weight is 425 g/mol. The Kier molecular flexibility index (Phi) is 4.55. The predicted molar refractivity (Wildman–Crippen MR) is 125 cm³/mol. The van der Waals surface area contributed by atoms with Gasteiger partial charge in [0.15, 0.2) is 0 Å². The Bertz CT molecular complexity index is 1430. The highest BCUT2D eigenvalue weighted by atomic mass is 16.1. The highest BCUT2D eigenvalue weighted by Gasteiger charge is 2.25. The lowest BCUT2D eigenvalue weighted by Gasteiger charge is -2.22. The van der Waals surface area contributed by atoms with Gasteiger partial charge in [0.2, 0.25) is 11.7 Å². The van der Waals surface area contributed by atoms with E-state index in [4.69, 9.17) is 5.73 Å². The molecule has 0 radical (unpaired) electrons. The quantitative estimate of drug-likeness (QED) is 0.448. The molecule has 0 saturated heterocycles. The van der Waals surface area contributed by atoms with Gasteiger partial charge in [-0.2, -0.15) is 5.21 Å². The minimum atomic E-state index is -0.637. The molecule has 1 amide bonds. The molecule has 32 heavy (non-hydrogen) atoms. The zero-order valence-electron chi connectivity index (χ0n) is 18.2. The summed E-state index contributed by atoms with van der Waals surface area (Å²) in [5.41, 5.74) is 10.8. The fourth-order valence-electron chi connectivity index (χ4n) is 4.31. The van der Waals surface area contributed by atoms with Crippen molar-refractivity contribution in [2.75, 3.05) is 0 Å². The van der Waals surface area contributed by atoms with E-state index < -0.39 is 11.9 Å². The number of nitrogens with two attached hydrogens (primary N) is 1. The number of nitrogens with zero attached hydrogens (tertiary/aromatic N) is 4. The van der Waals surface area contributed by atoms with Gasteiger partial charge in [0.25, 0.3) is 0 Å². The van der Waals surface area contributed by atoms with Crippen LogP contribution in [0.25, 0.3) is 33.2 Å². The number of tetrazole rings is 1. The first-order valence-corrected chi connectivity index (χ1v) is 10.5. The van der Waals surface area contributed by atoms with Crippen molar-refractivity contribution < 1.29 is 4.79 Å². The lowest BCUT2D eigenvalue weighted by Crippen LogP contribution is -2.27. The van der Waals surface area contributed by atoms with E-state index in [2.05, 4.69) is 59.6 Å². The number of nitrogens with one attached hydrogen (secondary N) is 1. The van der Waals surface area contributed by atoms with Gasteiger partial charge in [0, 0.05) is 16.3 Å². The summed E-state index contributed by atoms with van der Waals surface area (Å²) < 4.78 is 2.03. The summed E-state index contributed by atoms with van der Waals surface area (Å²) in [6.07, 6.45) is 0. The number of rotatable bonds is 4. The molecule has 3 aromatic carbocycles. The molecular formula is C25H24N6O. The second kappa shape index (κ2) is 7.30. The van der Waals surface area contributed by atoms with Crippen LogP contribution in [0.3, 0.4) is 0 Å². The molecule has 0 saturated carbocycles. The van der Waals surface area contributed by atoms with E-state index >= 15 is 0 Å². The molecule has 0 spiro atoms. The summed E-state index contributed by atoms with van der Waals surface area (Å²) in [6.45, 7) is 6.51. The van der Waals surface area contributed by atoms with Crippen molar-refractivity contribution in [1.29, 1.82) is 0 Å². The Balaban J connectivity index is 1.74. The maximum atomic E-state index is 12.8. The number of para-hydroxylation sites is 1. The predicted octanol–water partition coefficient (Wildman–Crippen LogP) is 4.35. The molecule has 0 bridgehead atoms. The number of amides is 1. The molecule has 2 heterocycles. The molecule has 0 aliphatic heterocycles. The molecule has 1 atom stereocenters. The fourth-order valence-corrected chi connectivity index (χ4v) is 4.31. The summed E-state index contributed by atoms with van der Waals surface area (Å²) in [4.78, 5) is 12.8. The molecule has 7 nitrogen and oxygen atoms in total. The highest BCUT2D eigenvalue weighted by Crippen LogP contribution is 2.36. The molecule has 0 fully saturated rings. The van der Waals surface area contributed by atoms with Crippen molar-refractivity contribution >= 4 is 27.7 Å². The van der Waals surface area contributed by atoms with Crippen LogP contribution < -0.4 is 5.73 Å². The number of carbonyl (C=O) groups is 1. The third-order valence-electron chi connectivity index (χ3n) is 5.93. The number of hydrogen-bond acceptors (Lipinski definition) is 4. The van der Waals surface area contributed by atoms with Crippen molar-refractivity contribution in [3.63, 3.8) is 0 Å². The number of fused-ring (bicyclic) bond motifs is 3. The van der Waals surface area contributed by atoms with Crippen LogP contribution in [0.5, 0.6) is 0 Å². The summed E-state index contributed by atoms with van der Waals surface area (Å²) in [5.74, 6) is 0.117. The van der Waals surface area contributed by atoms with Crippen molar-refractivity contribution in [2.24, 2.45) is 5.73 Å². The Morgan fingerprint density at radius 1 is 0.969 bits per heavy atom. The number of primary amides is 1. The lowest BCUT2D eigenvalue weighted by molar-refractivity contribution is -0.119. The number of benzene rings is 3. The average Bonchev–Trinajstić information content (AvgIpc) is 3.41. The van der Waals surface area contributed by atoms with Gasteiger partial charge in [-0.05, 0) is 46.0 Å². The smallest absolute Gasteiger partial charge is 0.245 e. The second-order valence-corrected chi connectivity index (χ2v) is 9.03. The largest absolute Gasteiger partial charge is 0.368 e. The van der Waals surface area contributed by atoms with E-state index in [1.54, 1.807) is 0 Å². The van der Waals surface area contributed by atoms with Gasteiger partial charge in [0.05, 0.1) is 11.0 Å². The standard InChI is InChI=1S/C25H24N6O/c1-25(2,3)17-11-8-15(9-12-17)22(23(26)32)31-20-7-5-4-6-18(20)19-14-16(10-13-21(19)31)24-27-29-30-28-24/h4-14,22H,1-3H3,(H2,26,32)(H,27,28,29,30). The van der Waals surface area contributed by atoms with Crippen LogP contribution in [0.15, 0.2) is 66.7 Å². The molecule has 160 valence electrons. The van der Waals surface area contributed by atoms with Gasteiger partial charge >= 0.3 is 0 Å². The maximum Gasteiger partial charge on any atom is 0.245 e. The number of H-pyrrole nitrogens is 1. The number of aromatic amines is 1. The van der Waals surface area contributed by atoms with Crippen LogP contribution in [0.4, 0.5) is 0 Å². The molecule has 1 unspecified atom stereocenters. The third-order valence-corrected chi connectivity index (χ3v) is 5.93. The van der Waals surface area contributed by atoms with Crippen molar-refractivity contribution in [3.8, 4) is 11.4 Å². The van der Waals surface area contributed by atoms with E-state index in [1.165, 1.54) is 5.56 Å². The molecule has 0 aliphatic carbocycles. The zero-order valence-corrected chi connectivity index (χ0v) is 18.2. The molecule has 0 aliphatic rings. The summed E-state index contributed by atoms with van der Waals surface area (Å²) >= 11 is 0. The fraction of sp³-hybridized carbons (Fsp3) is 0.200. The molecule has 5 aromatic rings. The molecule has 5 rings (SSSR count). The first-order valence-electron chi connectivity index (χ1n) is 10.5. The van der Waals surface area contributed by atoms with Crippen LogP contribution in [-0.4, -0.2) is 31.1 Å². The Labute approximate surface area is 185 Å². The van der Waals surface area contributed by atoms with Gasteiger partial charge in [-0.1, -0.05) is 63.2 Å². The lowest BCUT2D eigenvalue weighted by atomic mass is 9.86. The first-order chi connectivity index (χ1) is 15.3. The topological polar surface area (TPSA) is 102 Å². The van der Waals surface area contributed by atoms with Crippen LogP contribution in [0, 0.1) is 0 Å². The molecular weight excluding hydrogens is 400 g/mol. The van der Waals surface area contributed by atoms with Gasteiger partial charge in [-0.25, -0.2) is 0 Å². The number of hydrogen-bond donors (Lipinski definition) is 2. The minimum absolute atomic E-state index is 0.0269. The Hall–Kier alpha value is -4.00. The Morgan fingerprint density at radius 3 is 2.34 bits per heavy atom. The molecule has 7 heteroatoms. The SMILES string of the molecule is CC(C)(C)c1ccc(C(C(N)=O)n2c3ccccc3c3cc(-c4nn[nH]n4)ccc32)cc1. The molecule has 3 N–H and O–H groups in total. The zero-order chi connectivity index (χ0) is 22.5. The van der Waals surface area contributed by atoms with E-state index in [1.807, 2.05) is 53.1 Å². The van der Waals surface area contributed by atoms with Crippen LogP contribution in [0.2, 0.25) is 0 Å². The van der Waals surface area contributed by atoms with E-state index in [0.717, 1.165) is 32.9 Å². The monoisotopic (exact) mass is 424 g/mol. The summed E-state index contributed by atoms with van der Waals surface area (Å²) in [5, 5.41) is 16.4. The van der Waals surface area contributed by atoms with E-state index in [9.17, 15) is 4.79 Å². The molecule has 2 aromatic heterocycles. The first kappa shape index (κ1) is 19.9. The van der Waals surface area contributed by atoms with Crippen molar-refractivity contribution in [1.82, 2.24) is 25.2 Å². The maximum absolute atomic E-state index is 12.8. The van der Waals surface area contributed by atoms with Crippen LogP contribution >= 0.6 is 0 Å². The minimum Gasteiger partial charge on any atom is -0.368 e. The van der Waals surface area contributed by atoms with Crippen LogP contribution in [0.1, 0.15) is 37.9 Å². The number of carbonyl (C=O) groups excluding carboxylic acids is 1. The van der Waals surface area contributed by atoms with Crippen molar-refractivity contribution in [3.05, 3.63) is 77.9 Å². The summed E-state index contributed by atoms with van der Waals surface area (Å²) in [7, 11) is 0. The van der Waals surface area contributed by atoms with Gasteiger partial charge < -0.3 is 10.3 Å². The van der Waals surface area contributed by atoms with Gasteiger partial charge in [-0.3, -0.25) is 4.79 Å². The highest BCUT2D eigenvalue weighted by molar-refractivity contribution is 6.10. The summed E-state index contributed by atoms with van der Waals surface area (Å²) in [6, 6.07) is 21.5. The normalized spacial score (nSPS) is 13.0. The van der Waals surface area contributed by atoms with E-state index in [-0.39, 0.29) is 5.41 Å². The third kappa shape index (κ3) is 3.22. The second-order valence-electron chi connectivity index (χ2n) is 9.03. The van der Waals surface area contributed by atoms with Crippen LogP contribution in [-0.2, 0) is 10.2 Å². The number of aromatic nitrogens is 5. The van der Waals surface area contributed by atoms with E-state index in [0.29, 0.717) is 5.82 Å². The van der Waals surface area contributed by atoms with Gasteiger partial charge in [-0.15, -0.1) is 10.2 Å². The Morgan fingerprint density at radius 2 is 1.69 bits per heavy atom. The van der Waals surface area contributed by atoms with Gasteiger partial charge in [0.1, 0.15) is 6.04 Å².